The maximum atomic E-state index is 2.34. The quantitative estimate of drug-likeness (QED) is 0.502. The van der Waals surface area contributed by atoms with Gasteiger partial charge in [-0.2, -0.15) is 0 Å². The number of hydrogen-bond acceptors (Lipinski definition) is 0. The topological polar surface area (TPSA) is 0 Å². The molecule has 1 aliphatic carbocycles. The van der Waals surface area contributed by atoms with Crippen molar-refractivity contribution in [3.05, 3.63) is 71.3 Å². The van der Waals surface area contributed by atoms with Crippen molar-refractivity contribution >= 4 is 10.8 Å². The van der Waals surface area contributed by atoms with Crippen molar-refractivity contribution in [1.82, 2.24) is 0 Å². The highest BCUT2D eigenvalue weighted by molar-refractivity contribution is 6.02. The minimum atomic E-state index is 0.0996. The van der Waals surface area contributed by atoms with Crippen molar-refractivity contribution in [2.45, 2.75) is 26.2 Å². The van der Waals surface area contributed by atoms with Gasteiger partial charge in [0.25, 0.3) is 0 Å². The summed E-state index contributed by atoms with van der Waals surface area (Å²) in [5.74, 6) is 0. The molecule has 0 unspecified atom stereocenters. The van der Waals surface area contributed by atoms with E-state index in [1.165, 1.54) is 38.6 Å². The fourth-order valence-electron chi connectivity index (χ4n) is 3.64. The number of fused-ring (bicyclic) bond motifs is 5. The molecule has 0 fully saturated rings. The van der Waals surface area contributed by atoms with Crippen LogP contribution >= 0.6 is 0 Å². The zero-order valence-electron chi connectivity index (χ0n) is 12.2. The molecule has 4 rings (SSSR count). The van der Waals surface area contributed by atoms with E-state index in [0.29, 0.717) is 0 Å². The Balaban J connectivity index is 2.21. The summed E-state index contributed by atoms with van der Waals surface area (Å²) < 4.78 is 0. The number of benzene rings is 3. The van der Waals surface area contributed by atoms with Crippen molar-refractivity contribution in [3.8, 4) is 11.1 Å². The number of rotatable bonds is 0. The SMILES string of the molecule is Cc1ccc2c(c1)-c1c(ccc3ccccc13)C2(C)C. The van der Waals surface area contributed by atoms with Crippen LogP contribution in [0.2, 0.25) is 0 Å². The lowest BCUT2D eigenvalue weighted by Crippen LogP contribution is -2.14. The second kappa shape index (κ2) is 3.73. The lowest BCUT2D eigenvalue weighted by Gasteiger charge is -2.21. The monoisotopic (exact) mass is 258 g/mol. The molecular formula is C20H18. The lowest BCUT2D eigenvalue weighted by molar-refractivity contribution is 0.660. The molecule has 0 heteroatoms. The van der Waals surface area contributed by atoms with Gasteiger partial charge in [-0.15, -0.1) is 0 Å². The summed E-state index contributed by atoms with van der Waals surface area (Å²) in [4.78, 5) is 0. The first-order valence-corrected chi connectivity index (χ1v) is 7.23. The molecule has 20 heavy (non-hydrogen) atoms. The van der Waals surface area contributed by atoms with Crippen LogP contribution in [0, 0.1) is 6.92 Å². The minimum absolute atomic E-state index is 0.0996. The van der Waals surface area contributed by atoms with Crippen LogP contribution in [0.4, 0.5) is 0 Å². The average molecular weight is 258 g/mol. The van der Waals surface area contributed by atoms with Gasteiger partial charge in [0.15, 0.2) is 0 Å². The van der Waals surface area contributed by atoms with Crippen LogP contribution in [0.15, 0.2) is 54.6 Å². The van der Waals surface area contributed by atoms with Crippen molar-refractivity contribution in [1.29, 1.82) is 0 Å². The molecule has 0 spiro atoms. The van der Waals surface area contributed by atoms with E-state index in [-0.39, 0.29) is 5.41 Å². The second-order valence-electron chi connectivity index (χ2n) is 6.38. The van der Waals surface area contributed by atoms with Crippen LogP contribution in [0.5, 0.6) is 0 Å². The van der Waals surface area contributed by atoms with E-state index in [2.05, 4.69) is 75.4 Å². The van der Waals surface area contributed by atoms with Gasteiger partial charge in [-0.05, 0) is 39.9 Å². The molecule has 0 atom stereocenters. The van der Waals surface area contributed by atoms with Crippen molar-refractivity contribution in [3.63, 3.8) is 0 Å². The minimum Gasteiger partial charge on any atom is -0.0616 e. The Hall–Kier alpha value is -2.08. The van der Waals surface area contributed by atoms with Crippen LogP contribution in [-0.2, 0) is 5.41 Å². The zero-order valence-corrected chi connectivity index (χ0v) is 12.2. The smallest absolute Gasteiger partial charge is 0.0159 e. The second-order valence-corrected chi connectivity index (χ2v) is 6.38. The van der Waals surface area contributed by atoms with Gasteiger partial charge in [0.2, 0.25) is 0 Å². The summed E-state index contributed by atoms with van der Waals surface area (Å²) in [5, 5.41) is 2.71. The van der Waals surface area contributed by atoms with E-state index in [1.54, 1.807) is 0 Å². The number of hydrogen-bond donors (Lipinski definition) is 0. The van der Waals surface area contributed by atoms with Gasteiger partial charge in [0.05, 0.1) is 0 Å². The Labute approximate surface area is 120 Å². The Kier molecular flexibility index (Phi) is 2.18. The molecule has 0 aliphatic heterocycles. The first-order valence-electron chi connectivity index (χ1n) is 7.23. The summed E-state index contributed by atoms with van der Waals surface area (Å²) in [7, 11) is 0. The maximum Gasteiger partial charge on any atom is 0.0159 e. The van der Waals surface area contributed by atoms with E-state index in [0.717, 1.165) is 0 Å². The average Bonchev–Trinajstić information content (AvgIpc) is 2.67. The number of aryl methyl sites for hydroxylation is 1. The molecule has 0 amide bonds. The molecule has 1 aliphatic rings. The fourth-order valence-corrected chi connectivity index (χ4v) is 3.64. The van der Waals surface area contributed by atoms with Crippen LogP contribution in [-0.4, -0.2) is 0 Å². The van der Waals surface area contributed by atoms with Crippen LogP contribution in [0.3, 0.4) is 0 Å². The van der Waals surface area contributed by atoms with Gasteiger partial charge in [0, 0.05) is 5.41 Å². The molecule has 0 saturated carbocycles. The molecule has 0 aromatic heterocycles. The van der Waals surface area contributed by atoms with Crippen LogP contribution in [0.1, 0.15) is 30.5 Å². The predicted molar refractivity (Wildman–Crippen MR) is 86.2 cm³/mol. The summed E-state index contributed by atoms with van der Waals surface area (Å²) in [5.41, 5.74) is 7.20. The molecule has 3 aromatic carbocycles. The van der Waals surface area contributed by atoms with E-state index >= 15 is 0 Å². The third kappa shape index (κ3) is 1.37. The Morgan fingerprint density at radius 1 is 0.800 bits per heavy atom. The maximum absolute atomic E-state index is 2.34. The Bertz CT molecular complexity index is 838. The van der Waals surface area contributed by atoms with Gasteiger partial charge < -0.3 is 0 Å². The summed E-state index contributed by atoms with van der Waals surface area (Å²) >= 11 is 0. The fraction of sp³-hybridized carbons (Fsp3) is 0.200. The van der Waals surface area contributed by atoms with Crippen LogP contribution < -0.4 is 0 Å². The molecule has 0 N–H and O–H groups in total. The van der Waals surface area contributed by atoms with Crippen molar-refractivity contribution < 1.29 is 0 Å². The highest BCUT2D eigenvalue weighted by atomic mass is 14.4. The Morgan fingerprint density at radius 3 is 2.40 bits per heavy atom. The summed E-state index contributed by atoms with van der Waals surface area (Å²) in [6, 6.07) is 20.2. The largest absolute Gasteiger partial charge is 0.0616 e. The summed E-state index contributed by atoms with van der Waals surface area (Å²) in [6.45, 7) is 6.85. The van der Waals surface area contributed by atoms with Gasteiger partial charge in [-0.3, -0.25) is 0 Å². The van der Waals surface area contributed by atoms with Gasteiger partial charge in [-0.1, -0.05) is 74.0 Å². The van der Waals surface area contributed by atoms with Crippen molar-refractivity contribution in [2.24, 2.45) is 0 Å². The molecule has 3 aromatic rings. The predicted octanol–water partition coefficient (Wildman–Crippen LogP) is 5.45. The first-order chi connectivity index (χ1) is 9.59. The molecule has 0 nitrogen and oxygen atoms in total. The van der Waals surface area contributed by atoms with E-state index in [1.807, 2.05) is 0 Å². The third-order valence-electron chi connectivity index (χ3n) is 4.72. The molecule has 0 saturated heterocycles. The van der Waals surface area contributed by atoms with Gasteiger partial charge in [0.1, 0.15) is 0 Å². The molecular weight excluding hydrogens is 240 g/mol. The normalized spacial score (nSPS) is 15.2. The molecule has 0 heterocycles. The molecule has 0 radical (unpaired) electrons. The van der Waals surface area contributed by atoms with Gasteiger partial charge in [-0.25, -0.2) is 0 Å². The highest BCUT2D eigenvalue weighted by Crippen LogP contribution is 2.51. The van der Waals surface area contributed by atoms with E-state index in [9.17, 15) is 0 Å². The summed E-state index contributed by atoms with van der Waals surface area (Å²) in [6.07, 6.45) is 0. The standard InChI is InChI=1S/C20H18/c1-13-8-10-17-16(12-13)19-15-7-5-4-6-14(15)9-11-18(19)20(17,2)3/h4-12H,1-3H3. The van der Waals surface area contributed by atoms with Gasteiger partial charge >= 0.3 is 0 Å². The first kappa shape index (κ1) is 11.7. The highest BCUT2D eigenvalue weighted by Gasteiger charge is 2.36. The molecule has 98 valence electrons. The van der Waals surface area contributed by atoms with Crippen LogP contribution in [0.25, 0.3) is 21.9 Å². The van der Waals surface area contributed by atoms with Crippen molar-refractivity contribution in [2.75, 3.05) is 0 Å². The molecule has 0 bridgehead atoms. The third-order valence-corrected chi connectivity index (χ3v) is 4.72. The van der Waals surface area contributed by atoms with E-state index in [4.69, 9.17) is 0 Å². The Morgan fingerprint density at radius 2 is 1.55 bits per heavy atom. The zero-order chi connectivity index (χ0) is 13.9. The van der Waals surface area contributed by atoms with E-state index < -0.39 is 0 Å². The lowest BCUT2D eigenvalue weighted by atomic mass is 9.82.